The topological polar surface area (TPSA) is 3.24 Å². The minimum absolute atomic E-state index is 0.291. The summed E-state index contributed by atoms with van der Waals surface area (Å²) in [5.41, 5.74) is 7.07. The lowest BCUT2D eigenvalue weighted by molar-refractivity contribution is 0.677. The molecule has 1 unspecified atom stereocenters. The Morgan fingerprint density at radius 2 is 1.28 bits per heavy atom. The van der Waals surface area contributed by atoms with Gasteiger partial charge >= 0.3 is 0 Å². The zero-order valence-electron chi connectivity index (χ0n) is 15.9. The first-order valence-electron chi connectivity index (χ1n) is 9.61. The van der Waals surface area contributed by atoms with Crippen LogP contribution in [0.1, 0.15) is 23.6 Å². The third-order valence-electron chi connectivity index (χ3n) is 5.85. The summed E-state index contributed by atoms with van der Waals surface area (Å²) in [5.74, 6) is 0. The number of benzene rings is 4. The fourth-order valence-electron chi connectivity index (χ4n) is 4.51. The van der Waals surface area contributed by atoms with Gasteiger partial charge in [-0.15, -0.1) is 0 Å². The van der Waals surface area contributed by atoms with E-state index in [1.807, 2.05) is 0 Å². The normalized spacial score (nSPS) is 17.6. The number of rotatable bonds is 2. The molecule has 0 aromatic heterocycles. The lowest BCUT2D eigenvalue weighted by Gasteiger charge is -2.45. The number of nitrogens with zero attached hydrogens (tertiary/aromatic N) is 1. The van der Waals surface area contributed by atoms with Gasteiger partial charge in [0.1, 0.15) is 0 Å². The Hall–Kier alpha value is -2.36. The molecule has 0 bridgehead atoms. The van der Waals surface area contributed by atoms with E-state index in [2.05, 4.69) is 141 Å². The first-order chi connectivity index (χ1) is 14.1. The zero-order valence-corrected chi connectivity index (χ0v) is 19.1. The van der Waals surface area contributed by atoms with Crippen LogP contribution in [0.15, 0.2) is 106 Å². The lowest BCUT2D eigenvalue weighted by atomic mass is 9.67. The fraction of sp³-hybridized carbons (Fsp3) is 0.0769. The van der Waals surface area contributed by atoms with Crippen LogP contribution in [0.2, 0.25) is 0 Å². The molecule has 29 heavy (non-hydrogen) atoms. The van der Waals surface area contributed by atoms with Crippen molar-refractivity contribution in [3.05, 3.63) is 123 Å². The molecule has 4 aromatic carbocycles. The molecule has 1 nitrogen and oxygen atoms in total. The molecule has 0 radical (unpaired) electrons. The quantitative estimate of drug-likeness (QED) is 0.265. The van der Waals surface area contributed by atoms with E-state index in [1.54, 1.807) is 0 Å². The molecule has 0 saturated carbocycles. The van der Waals surface area contributed by atoms with Crippen molar-refractivity contribution in [2.24, 2.45) is 0 Å². The molecule has 1 aliphatic rings. The van der Waals surface area contributed by atoms with Crippen molar-refractivity contribution in [2.75, 3.05) is 4.90 Å². The van der Waals surface area contributed by atoms with Gasteiger partial charge in [0.15, 0.2) is 0 Å². The molecule has 142 valence electrons. The summed E-state index contributed by atoms with van der Waals surface area (Å²) in [7, 11) is 0. The van der Waals surface area contributed by atoms with Crippen LogP contribution in [0, 0.1) is 0 Å². The lowest BCUT2D eigenvalue weighted by Crippen LogP contribution is -2.34. The Balaban J connectivity index is 1.93. The van der Waals surface area contributed by atoms with Gasteiger partial charge in [-0.25, -0.2) is 0 Å². The third kappa shape index (κ3) is 2.79. The smallest absolute Gasteiger partial charge is 0.0648 e. The minimum atomic E-state index is -0.291. The van der Waals surface area contributed by atoms with Crippen molar-refractivity contribution < 1.29 is 0 Å². The Morgan fingerprint density at radius 1 is 0.655 bits per heavy atom. The van der Waals surface area contributed by atoms with Crippen LogP contribution in [-0.4, -0.2) is 0 Å². The molecule has 0 N–H and O–H groups in total. The Kier molecular flexibility index (Phi) is 4.60. The molecule has 0 amide bonds. The Morgan fingerprint density at radius 3 is 2.00 bits per heavy atom. The van der Waals surface area contributed by atoms with E-state index in [-0.39, 0.29) is 5.41 Å². The first kappa shape index (κ1) is 18.7. The molecular weight excluding hydrogens is 486 g/mol. The van der Waals surface area contributed by atoms with Crippen LogP contribution < -0.4 is 4.90 Å². The van der Waals surface area contributed by atoms with Gasteiger partial charge in [0.05, 0.1) is 11.4 Å². The van der Waals surface area contributed by atoms with Crippen molar-refractivity contribution in [1.82, 2.24) is 0 Å². The minimum Gasteiger partial charge on any atom is -0.309 e. The maximum absolute atomic E-state index is 3.89. The first-order valence-corrected chi connectivity index (χ1v) is 11.2. The maximum atomic E-state index is 3.89. The van der Waals surface area contributed by atoms with Crippen molar-refractivity contribution >= 4 is 48.9 Å². The fourth-order valence-corrected chi connectivity index (χ4v) is 5.81. The van der Waals surface area contributed by atoms with E-state index in [9.17, 15) is 0 Å². The van der Waals surface area contributed by atoms with Crippen LogP contribution in [0.4, 0.5) is 17.1 Å². The average Bonchev–Trinajstić information content (AvgIpc) is 2.76. The van der Waals surface area contributed by atoms with Gasteiger partial charge in [0, 0.05) is 25.6 Å². The molecule has 3 heteroatoms. The summed E-state index contributed by atoms with van der Waals surface area (Å²) in [5, 5.41) is 0. The molecule has 1 atom stereocenters. The molecule has 4 aromatic rings. The highest BCUT2D eigenvalue weighted by atomic mass is 79.9. The molecule has 0 spiro atoms. The van der Waals surface area contributed by atoms with E-state index >= 15 is 0 Å². The van der Waals surface area contributed by atoms with Crippen molar-refractivity contribution in [2.45, 2.75) is 12.3 Å². The predicted octanol–water partition coefficient (Wildman–Crippen LogP) is 8.35. The highest BCUT2D eigenvalue weighted by molar-refractivity contribution is 9.11. The second-order valence-electron chi connectivity index (χ2n) is 7.43. The largest absolute Gasteiger partial charge is 0.309 e. The number of hydrogen-bond acceptors (Lipinski definition) is 1. The summed E-state index contributed by atoms with van der Waals surface area (Å²) < 4.78 is 2.21. The van der Waals surface area contributed by atoms with Gasteiger partial charge < -0.3 is 4.90 Å². The van der Waals surface area contributed by atoms with Crippen LogP contribution in [0.25, 0.3) is 0 Å². The summed E-state index contributed by atoms with van der Waals surface area (Å²) in [6.07, 6.45) is 0. The number of fused-ring (bicyclic) bond motifs is 2. The van der Waals surface area contributed by atoms with E-state index in [0.717, 1.165) is 14.6 Å². The van der Waals surface area contributed by atoms with Gasteiger partial charge in [0.2, 0.25) is 0 Å². The van der Waals surface area contributed by atoms with Crippen molar-refractivity contribution in [3.63, 3.8) is 0 Å². The number of hydrogen-bond donors (Lipinski definition) is 0. The summed E-state index contributed by atoms with van der Waals surface area (Å²) in [6.45, 7) is 2.33. The average molecular weight is 505 g/mol. The van der Waals surface area contributed by atoms with Crippen molar-refractivity contribution in [3.8, 4) is 0 Å². The molecule has 0 aliphatic carbocycles. The van der Waals surface area contributed by atoms with E-state index in [0.29, 0.717) is 0 Å². The molecule has 1 aliphatic heterocycles. The summed E-state index contributed by atoms with van der Waals surface area (Å²) in [6, 6.07) is 34.4. The van der Waals surface area contributed by atoms with Crippen LogP contribution in [0.5, 0.6) is 0 Å². The van der Waals surface area contributed by atoms with Gasteiger partial charge in [-0.05, 0) is 64.3 Å². The van der Waals surface area contributed by atoms with Gasteiger partial charge in [0.25, 0.3) is 0 Å². The van der Waals surface area contributed by atoms with Crippen LogP contribution in [-0.2, 0) is 5.41 Å². The van der Waals surface area contributed by atoms with E-state index in [1.165, 1.54) is 28.1 Å². The highest BCUT2D eigenvalue weighted by Crippen LogP contribution is 2.57. The maximum Gasteiger partial charge on any atom is 0.0648 e. The zero-order chi connectivity index (χ0) is 20.0. The number of para-hydroxylation sites is 2. The number of halogens is 2. The van der Waals surface area contributed by atoms with Crippen molar-refractivity contribution in [1.29, 1.82) is 0 Å². The van der Waals surface area contributed by atoms with Gasteiger partial charge in [-0.2, -0.15) is 0 Å². The predicted molar refractivity (Wildman–Crippen MR) is 129 cm³/mol. The van der Waals surface area contributed by atoms with Crippen LogP contribution in [0.3, 0.4) is 0 Å². The molecule has 0 fully saturated rings. The second-order valence-corrected chi connectivity index (χ2v) is 9.14. The molecule has 1 heterocycles. The summed E-state index contributed by atoms with van der Waals surface area (Å²) >= 11 is 7.75. The monoisotopic (exact) mass is 503 g/mol. The van der Waals surface area contributed by atoms with Gasteiger partial charge in [-0.3, -0.25) is 0 Å². The molecule has 5 rings (SSSR count). The molecular formula is C26H19Br2N. The Bertz CT molecular complexity index is 1190. The summed E-state index contributed by atoms with van der Waals surface area (Å²) in [4.78, 5) is 2.37. The van der Waals surface area contributed by atoms with Crippen LogP contribution >= 0.6 is 31.9 Å². The standard InChI is InChI=1S/C26H19Br2N/c1-26(18-10-4-2-5-11-18)20-14-8-16-22(28)25(20)29(19-12-6-3-7-13-19)23-17-9-15-21(27)24(23)26/h2-17H,1H3. The van der Waals surface area contributed by atoms with E-state index in [4.69, 9.17) is 0 Å². The SMILES string of the molecule is CC1(c2ccccc2)c2cccc(Br)c2N(c2ccccc2)c2cccc(Br)c21. The number of anilines is 3. The Labute approximate surface area is 188 Å². The second kappa shape index (κ2) is 7.16. The molecule has 0 saturated heterocycles. The van der Waals surface area contributed by atoms with Gasteiger partial charge in [-0.1, -0.05) is 82.7 Å². The third-order valence-corrected chi connectivity index (χ3v) is 7.15. The van der Waals surface area contributed by atoms with E-state index < -0.39 is 0 Å². The highest BCUT2D eigenvalue weighted by Gasteiger charge is 2.43.